The zero-order valence-corrected chi connectivity index (χ0v) is 21.4. The number of amides is 2. The molecule has 2 aromatic carbocycles. The molecule has 4 rings (SSSR count). The molecule has 194 valence electrons. The van der Waals surface area contributed by atoms with Crippen molar-refractivity contribution in [3.05, 3.63) is 71.8 Å². The Bertz CT molecular complexity index is 920. The van der Waals surface area contributed by atoms with Gasteiger partial charge in [0.2, 0.25) is 11.8 Å². The molecule has 1 saturated carbocycles. The van der Waals surface area contributed by atoms with Gasteiger partial charge >= 0.3 is 0 Å². The van der Waals surface area contributed by atoms with E-state index in [1.165, 1.54) is 25.7 Å². The molecule has 2 atom stereocenters. The monoisotopic (exact) mass is 490 g/mol. The number of rotatable bonds is 13. The Morgan fingerprint density at radius 3 is 2.17 bits per heavy atom. The highest BCUT2D eigenvalue weighted by molar-refractivity contribution is 5.91. The standard InChI is InChI=1S/C30H42N4O2/c31-29(36)30(23-12-4-1-5-13-23,24-14-6-2-7-15-24)25-20-27(33-21-25)18-8-3-11-19-32-28(35)22-34-26-16-9-10-17-26/h1-2,4-7,12-15,25-27,33-34H,3,8-11,16-22H2,(H2,31,36)(H,32,35). The molecule has 36 heavy (non-hydrogen) atoms. The lowest BCUT2D eigenvalue weighted by atomic mass is 9.64. The SMILES string of the molecule is NC(=O)C(c1ccccc1)(c1ccccc1)C1CNC(CCCCCNC(=O)CNC2CCCC2)C1. The molecule has 0 spiro atoms. The topological polar surface area (TPSA) is 96.2 Å². The van der Waals surface area contributed by atoms with E-state index in [1.54, 1.807) is 0 Å². The van der Waals surface area contributed by atoms with E-state index >= 15 is 0 Å². The molecule has 2 aliphatic rings. The van der Waals surface area contributed by atoms with Gasteiger partial charge in [0.05, 0.1) is 6.54 Å². The minimum absolute atomic E-state index is 0.0939. The summed E-state index contributed by atoms with van der Waals surface area (Å²) in [5.74, 6) is -0.0891. The van der Waals surface area contributed by atoms with Crippen molar-refractivity contribution in [2.45, 2.75) is 75.3 Å². The predicted molar refractivity (Wildman–Crippen MR) is 144 cm³/mol. The van der Waals surface area contributed by atoms with Gasteiger partial charge in [0.25, 0.3) is 0 Å². The molecule has 2 aromatic rings. The third kappa shape index (κ3) is 6.34. The average molecular weight is 491 g/mol. The maximum absolute atomic E-state index is 13.2. The van der Waals surface area contributed by atoms with Gasteiger partial charge in [0, 0.05) is 18.6 Å². The Labute approximate surface area is 215 Å². The van der Waals surface area contributed by atoms with Crippen LogP contribution in [-0.4, -0.2) is 43.5 Å². The second kappa shape index (κ2) is 13.0. The lowest BCUT2D eigenvalue weighted by Crippen LogP contribution is -2.49. The Balaban J connectivity index is 1.25. The maximum Gasteiger partial charge on any atom is 0.233 e. The lowest BCUT2D eigenvalue weighted by molar-refractivity contribution is -0.123. The summed E-state index contributed by atoms with van der Waals surface area (Å²) in [5.41, 5.74) is 7.28. The number of nitrogens with one attached hydrogen (secondary N) is 3. The van der Waals surface area contributed by atoms with Gasteiger partial charge < -0.3 is 21.7 Å². The fourth-order valence-corrected chi connectivity index (χ4v) is 6.24. The molecule has 1 saturated heterocycles. The summed E-state index contributed by atoms with van der Waals surface area (Å²) in [6.45, 7) is 1.93. The van der Waals surface area contributed by atoms with E-state index in [2.05, 4.69) is 16.0 Å². The Hall–Kier alpha value is -2.70. The van der Waals surface area contributed by atoms with E-state index in [0.29, 0.717) is 18.6 Å². The first-order chi connectivity index (χ1) is 17.6. The summed E-state index contributed by atoms with van der Waals surface area (Å²) in [7, 11) is 0. The number of hydrogen-bond acceptors (Lipinski definition) is 4. The lowest BCUT2D eigenvalue weighted by Gasteiger charge is -2.37. The van der Waals surface area contributed by atoms with Crippen LogP contribution in [0.3, 0.4) is 0 Å². The minimum atomic E-state index is -0.846. The number of carbonyl (C=O) groups excluding carboxylic acids is 2. The number of nitrogens with two attached hydrogens (primary N) is 1. The molecule has 2 unspecified atom stereocenters. The summed E-state index contributed by atoms with van der Waals surface area (Å²) in [6, 6.07) is 20.9. The van der Waals surface area contributed by atoms with Crippen LogP contribution in [0.5, 0.6) is 0 Å². The van der Waals surface area contributed by atoms with E-state index in [4.69, 9.17) is 5.73 Å². The molecular weight excluding hydrogens is 448 g/mol. The molecule has 6 nitrogen and oxygen atoms in total. The third-order valence-corrected chi connectivity index (χ3v) is 8.14. The highest BCUT2D eigenvalue weighted by Crippen LogP contribution is 2.43. The van der Waals surface area contributed by atoms with Gasteiger partial charge in [0.15, 0.2) is 0 Å². The van der Waals surface area contributed by atoms with Crippen LogP contribution in [0, 0.1) is 5.92 Å². The second-order valence-electron chi connectivity index (χ2n) is 10.5. The summed E-state index contributed by atoms with van der Waals surface area (Å²) in [6.07, 6.45) is 10.1. The van der Waals surface area contributed by atoms with Crippen molar-refractivity contribution in [3.8, 4) is 0 Å². The van der Waals surface area contributed by atoms with Crippen molar-refractivity contribution in [1.29, 1.82) is 0 Å². The van der Waals surface area contributed by atoms with Gasteiger partial charge in [-0.05, 0) is 55.7 Å². The number of benzene rings is 2. The summed E-state index contributed by atoms with van der Waals surface area (Å²) < 4.78 is 0. The fraction of sp³-hybridized carbons (Fsp3) is 0.533. The first kappa shape index (κ1) is 26.4. The molecule has 1 aliphatic heterocycles. The highest BCUT2D eigenvalue weighted by Gasteiger charge is 2.49. The summed E-state index contributed by atoms with van der Waals surface area (Å²) >= 11 is 0. The highest BCUT2D eigenvalue weighted by atomic mass is 16.2. The van der Waals surface area contributed by atoms with E-state index < -0.39 is 5.41 Å². The molecule has 1 aliphatic carbocycles. The van der Waals surface area contributed by atoms with Crippen molar-refractivity contribution >= 4 is 11.8 Å². The van der Waals surface area contributed by atoms with Crippen molar-refractivity contribution < 1.29 is 9.59 Å². The second-order valence-corrected chi connectivity index (χ2v) is 10.5. The van der Waals surface area contributed by atoms with Crippen LogP contribution in [0.2, 0.25) is 0 Å². The first-order valence-electron chi connectivity index (χ1n) is 13.7. The first-order valence-corrected chi connectivity index (χ1v) is 13.7. The molecule has 0 radical (unpaired) electrons. The fourth-order valence-electron chi connectivity index (χ4n) is 6.24. The average Bonchev–Trinajstić information content (AvgIpc) is 3.59. The quantitative estimate of drug-likeness (QED) is 0.322. The van der Waals surface area contributed by atoms with Crippen molar-refractivity contribution in [2.24, 2.45) is 11.7 Å². The number of unbranched alkanes of at least 4 members (excludes halogenated alkanes) is 2. The van der Waals surface area contributed by atoms with Gasteiger partial charge in [-0.15, -0.1) is 0 Å². The summed E-state index contributed by atoms with van der Waals surface area (Å²) in [4.78, 5) is 25.2. The largest absolute Gasteiger partial charge is 0.369 e. The molecule has 0 bridgehead atoms. The van der Waals surface area contributed by atoms with Crippen molar-refractivity contribution in [2.75, 3.05) is 19.6 Å². The van der Waals surface area contributed by atoms with Crippen molar-refractivity contribution in [3.63, 3.8) is 0 Å². The molecular formula is C30H42N4O2. The Morgan fingerprint density at radius 2 is 1.56 bits per heavy atom. The van der Waals surface area contributed by atoms with E-state index in [-0.39, 0.29) is 17.7 Å². The van der Waals surface area contributed by atoms with Gasteiger partial charge in [-0.2, -0.15) is 0 Å². The Morgan fingerprint density at radius 1 is 0.917 bits per heavy atom. The predicted octanol–water partition coefficient (Wildman–Crippen LogP) is 3.64. The van der Waals surface area contributed by atoms with Gasteiger partial charge in [-0.25, -0.2) is 0 Å². The van der Waals surface area contributed by atoms with E-state index in [0.717, 1.165) is 56.3 Å². The smallest absolute Gasteiger partial charge is 0.233 e. The zero-order chi connectivity index (χ0) is 25.2. The molecule has 2 fully saturated rings. The molecule has 2 amide bonds. The Kier molecular flexibility index (Phi) is 9.54. The van der Waals surface area contributed by atoms with Crippen LogP contribution >= 0.6 is 0 Å². The van der Waals surface area contributed by atoms with E-state index in [1.807, 2.05) is 60.7 Å². The number of hydrogen-bond donors (Lipinski definition) is 4. The molecule has 6 heteroatoms. The van der Waals surface area contributed by atoms with Gasteiger partial charge in [-0.3, -0.25) is 9.59 Å². The number of primary amides is 1. The van der Waals surface area contributed by atoms with Crippen molar-refractivity contribution in [1.82, 2.24) is 16.0 Å². The summed E-state index contributed by atoms with van der Waals surface area (Å²) in [5, 5.41) is 10.1. The third-order valence-electron chi connectivity index (χ3n) is 8.14. The maximum atomic E-state index is 13.2. The van der Waals surface area contributed by atoms with Crippen LogP contribution in [-0.2, 0) is 15.0 Å². The van der Waals surface area contributed by atoms with Gasteiger partial charge in [-0.1, -0.05) is 86.3 Å². The van der Waals surface area contributed by atoms with Gasteiger partial charge in [0.1, 0.15) is 5.41 Å². The van der Waals surface area contributed by atoms with Crippen LogP contribution in [0.25, 0.3) is 0 Å². The van der Waals surface area contributed by atoms with E-state index in [9.17, 15) is 9.59 Å². The molecule has 0 aromatic heterocycles. The minimum Gasteiger partial charge on any atom is -0.369 e. The van der Waals surface area contributed by atoms with Crippen LogP contribution in [0.1, 0.15) is 68.9 Å². The normalized spacial score (nSPS) is 20.4. The van der Waals surface area contributed by atoms with Crippen LogP contribution in [0.15, 0.2) is 60.7 Å². The molecule has 5 N–H and O–H groups in total. The molecule has 1 heterocycles. The number of carbonyl (C=O) groups is 2. The van der Waals surface area contributed by atoms with Crippen LogP contribution < -0.4 is 21.7 Å². The zero-order valence-electron chi connectivity index (χ0n) is 21.4. The van der Waals surface area contributed by atoms with Crippen LogP contribution in [0.4, 0.5) is 0 Å².